The molecule has 0 unspecified atom stereocenters. The molecule has 1 amide bonds. The third kappa shape index (κ3) is 2.48. The molecule has 0 aliphatic rings. The van der Waals surface area contributed by atoms with Gasteiger partial charge in [0.2, 0.25) is 6.39 Å². The monoisotopic (exact) mass is 146 g/mol. The molecular formula is C6H11NO3. The zero-order chi connectivity index (χ0) is 9.02. The van der Waals surface area contributed by atoms with E-state index in [4.69, 9.17) is 6.48 Å². The predicted molar refractivity (Wildman–Crippen MR) is 35.5 cm³/mol. The van der Waals surface area contributed by atoms with Crippen molar-refractivity contribution in [1.82, 2.24) is 5.32 Å². The highest BCUT2D eigenvalue weighted by molar-refractivity contribution is 5.76. The Bertz CT molecular complexity index is 169. The minimum Gasteiger partial charge on any atom is -0.480 e. The van der Waals surface area contributed by atoms with E-state index in [0.29, 0.717) is 0 Å². The van der Waals surface area contributed by atoms with Gasteiger partial charge in [-0.15, -0.1) is 0 Å². The van der Waals surface area contributed by atoms with Crippen LogP contribution in [0.1, 0.15) is 15.2 Å². The third-order valence-corrected chi connectivity index (χ3v) is 1.15. The summed E-state index contributed by atoms with van der Waals surface area (Å²) >= 11 is 0. The number of carboxylic acid groups (broad SMARTS) is 1. The molecule has 0 rings (SSSR count). The molecule has 4 nitrogen and oxygen atoms in total. The molecule has 0 heterocycles. The van der Waals surface area contributed by atoms with Crippen LogP contribution in [0.2, 0.25) is 0 Å². The number of carbonyl (C=O) groups is 2. The maximum atomic E-state index is 10.4. The number of hydrogen-bond acceptors (Lipinski definition) is 2. The highest BCUT2D eigenvalue weighted by atomic mass is 16.4. The van der Waals surface area contributed by atoms with E-state index in [-0.39, 0.29) is 5.92 Å². The normalized spacial score (nSPS) is 14.1. The molecule has 0 aromatic heterocycles. The number of carboxylic acids is 1. The summed E-state index contributed by atoms with van der Waals surface area (Å²) in [5, 5.41) is 10.5. The van der Waals surface area contributed by atoms with E-state index in [1.54, 1.807) is 13.8 Å². The van der Waals surface area contributed by atoms with Crippen LogP contribution in [0.4, 0.5) is 0 Å². The highest BCUT2D eigenvalue weighted by Gasteiger charge is 2.19. The fourth-order valence-electron chi connectivity index (χ4n) is 0.577. The van der Waals surface area contributed by atoms with E-state index in [2.05, 4.69) is 0 Å². The second-order valence-corrected chi connectivity index (χ2v) is 2.31. The zero-order valence-electron chi connectivity index (χ0n) is 6.92. The van der Waals surface area contributed by atoms with Gasteiger partial charge in [0.25, 0.3) is 0 Å². The summed E-state index contributed by atoms with van der Waals surface area (Å²) in [6.07, 6.45) is -1.06. The van der Waals surface area contributed by atoms with Crippen LogP contribution < -0.4 is 5.32 Å². The molecule has 10 heavy (non-hydrogen) atoms. The molecule has 0 aliphatic carbocycles. The van der Waals surface area contributed by atoms with Gasteiger partial charge in [-0.2, -0.15) is 0 Å². The number of amides is 1. The SMILES string of the molecule is [2H]C(=O)N[C@H](C(=O)O)C(C)C. The summed E-state index contributed by atoms with van der Waals surface area (Å²) in [7, 11) is 0. The molecule has 0 aromatic rings. The van der Waals surface area contributed by atoms with E-state index in [1.165, 1.54) is 0 Å². The average Bonchev–Trinajstić information content (AvgIpc) is 1.81. The van der Waals surface area contributed by atoms with Gasteiger partial charge in [-0.1, -0.05) is 13.8 Å². The number of carbonyl (C=O) groups excluding carboxylic acids is 1. The lowest BCUT2D eigenvalue weighted by atomic mass is 10.1. The Kier molecular flexibility index (Phi) is 2.73. The van der Waals surface area contributed by atoms with Gasteiger partial charge in [0.15, 0.2) is 0 Å². The van der Waals surface area contributed by atoms with E-state index >= 15 is 0 Å². The second-order valence-electron chi connectivity index (χ2n) is 2.31. The smallest absolute Gasteiger partial charge is 0.326 e. The maximum absolute atomic E-state index is 10.4. The van der Waals surface area contributed by atoms with Crippen LogP contribution in [0, 0.1) is 5.92 Å². The van der Waals surface area contributed by atoms with E-state index in [0.717, 1.165) is 0 Å². The molecule has 4 heteroatoms. The quantitative estimate of drug-likeness (QED) is 0.544. The molecule has 0 bridgehead atoms. The Morgan fingerprint density at radius 1 is 1.80 bits per heavy atom. The first-order chi connectivity index (χ1) is 4.95. The van der Waals surface area contributed by atoms with E-state index in [9.17, 15) is 9.59 Å². The first kappa shape index (κ1) is 7.05. The van der Waals surface area contributed by atoms with Gasteiger partial charge in [0, 0.05) is 0 Å². The summed E-state index contributed by atoms with van der Waals surface area (Å²) in [5.74, 6) is -1.32. The fraction of sp³-hybridized carbons (Fsp3) is 0.667. The number of aliphatic carboxylic acids is 1. The molecular weight excluding hydrogens is 134 g/mol. The van der Waals surface area contributed by atoms with Crippen LogP contribution in [-0.4, -0.2) is 23.5 Å². The third-order valence-electron chi connectivity index (χ3n) is 1.15. The Labute approximate surface area is 60.6 Å². The van der Waals surface area contributed by atoms with Crippen LogP contribution in [-0.2, 0) is 9.59 Å². The van der Waals surface area contributed by atoms with E-state index < -0.39 is 18.4 Å². The van der Waals surface area contributed by atoms with Crippen molar-refractivity contribution in [2.45, 2.75) is 19.9 Å². The Hall–Kier alpha value is -1.06. The van der Waals surface area contributed by atoms with Crippen molar-refractivity contribution >= 4 is 12.4 Å². The molecule has 0 aliphatic heterocycles. The van der Waals surface area contributed by atoms with Crippen molar-refractivity contribution in [1.29, 1.82) is 0 Å². The van der Waals surface area contributed by atoms with Gasteiger partial charge in [0.05, 0.1) is 0 Å². The Morgan fingerprint density at radius 2 is 2.30 bits per heavy atom. The lowest BCUT2D eigenvalue weighted by molar-refractivity contribution is -0.141. The maximum Gasteiger partial charge on any atom is 0.326 e. The molecule has 0 spiro atoms. The zero-order valence-corrected chi connectivity index (χ0v) is 5.92. The van der Waals surface area contributed by atoms with Gasteiger partial charge in [-0.25, -0.2) is 4.79 Å². The fourth-order valence-corrected chi connectivity index (χ4v) is 0.577. The number of hydrogen-bond donors (Lipinski definition) is 2. The summed E-state index contributed by atoms with van der Waals surface area (Å²) in [5.41, 5.74) is 0. The molecule has 2 N–H and O–H groups in total. The standard InChI is InChI=1S/C6H11NO3/c1-4(2)5(6(9)10)7-3-8/h3-5H,1-2H3,(H,7,8)(H,9,10)/t5-/m0/s1/i3D. The van der Waals surface area contributed by atoms with Crippen molar-refractivity contribution in [2.75, 3.05) is 0 Å². The van der Waals surface area contributed by atoms with Crippen molar-refractivity contribution < 1.29 is 16.1 Å². The summed E-state index contributed by atoms with van der Waals surface area (Å²) < 4.78 is 6.48. The Balaban J connectivity index is 4.12. The van der Waals surface area contributed by atoms with Crippen molar-refractivity contribution in [2.24, 2.45) is 5.92 Å². The van der Waals surface area contributed by atoms with Gasteiger partial charge >= 0.3 is 5.97 Å². The first-order valence-corrected chi connectivity index (χ1v) is 2.95. The second kappa shape index (κ2) is 3.87. The van der Waals surface area contributed by atoms with Crippen molar-refractivity contribution in [3.8, 4) is 0 Å². The first-order valence-electron chi connectivity index (χ1n) is 3.45. The van der Waals surface area contributed by atoms with E-state index in [1.807, 2.05) is 5.32 Å². The van der Waals surface area contributed by atoms with Gasteiger partial charge in [0.1, 0.15) is 7.41 Å². The molecule has 0 radical (unpaired) electrons. The van der Waals surface area contributed by atoms with Gasteiger partial charge in [-0.3, -0.25) is 4.79 Å². The number of rotatable bonds is 3. The molecule has 0 saturated heterocycles. The van der Waals surface area contributed by atoms with Crippen molar-refractivity contribution in [3.63, 3.8) is 0 Å². The van der Waals surface area contributed by atoms with Crippen LogP contribution in [0.5, 0.6) is 0 Å². The van der Waals surface area contributed by atoms with Crippen LogP contribution >= 0.6 is 0 Å². The average molecular weight is 146 g/mol. The number of nitrogens with one attached hydrogen (secondary N) is 1. The highest BCUT2D eigenvalue weighted by Crippen LogP contribution is 1.99. The summed E-state index contributed by atoms with van der Waals surface area (Å²) in [4.78, 5) is 20.5. The van der Waals surface area contributed by atoms with Crippen LogP contribution in [0.25, 0.3) is 0 Å². The summed E-state index contributed by atoms with van der Waals surface area (Å²) in [6.45, 7) is 3.32. The topological polar surface area (TPSA) is 66.4 Å². The largest absolute Gasteiger partial charge is 0.480 e. The van der Waals surface area contributed by atoms with Crippen LogP contribution in [0.15, 0.2) is 0 Å². The minimum absolute atomic E-state index is 0.207. The van der Waals surface area contributed by atoms with Crippen LogP contribution in [0.3, 0.4) is 0 Å². The molecule has 0 fully saturated rings. The Morgan fingerprint density at radius 3 is 2.40 bits per heavy atom. The molecule has 58 valence electrons. The van der Waals surface area contributed by atoms with Gasteiger partial charge < -0.3 is 10.4 Å². The van der Waals surface area contributed by atoms with Gasteiger partial charge in [-0.05, 0) is 5.92 Å². The lowest BCUT2D eigenvalue weighted by Gasteiger charge is -2.13. The summed E-state index contributed by atoms with van der Waals surface area (Å²) in [6, 6.07) is -0.958. The molecule has 0 saturated carbocycles. The predicted octanol–water partition coefficient (Wildman–Crippen LogP) is -0.158. The van der Waals surface area contributed by atoms with Crippen molar-refractivity contribution in [3.05, 3.63) is 0 Å². The minimum atomic E-state index is -1.11. The molecule has 0 aromatic carbocycles. The molecule has 1 atom stereocenters. The lowest BCUT2D eigenvalue weighted by Crippen LogP contribution is -2.39.